The fourth-order valence-corrected chi connectivity index (χ4v) is 2.30. The summed E-state index contributed by atoms with van der Waals surface area (Å²) in [4.78, 5) is 24.6. The summed E-state index contributed by atoms with van der Waals surface area (Å²) in [7, 11) is 1.83. The summed E-state index contributed by atoms with van der Waals surface area (Å²) >= 11 is 0. The highest BCUT2D eigenvalue weighted by molar-refractivity contribution is 5.92. The van der Waals surface area contributed by atoms with Crippen LogP contribution in [0.2, 0.25) is 0 Å². The summed E-state index contributed by atoms with van der Waals surface area (Å²) in [6, 6.07) is 6.16. The van der Waals surface area contributed by atoms with E-state index >= 15 is 0 Å². The number of aryl methyl sites for hydroxylation is 2. The zero-order valence-electron chi connectivity index (χ0n) is 13.5. The van der Waals surface area contributed by atoms with Crippen LogP contribution in [0.4, 0.5) is 5.69 Å². The van der Waals surface area contributed by atoms with Crippen LogP contribution in [0, 0.1) is 13.8 Å². The molecule has 1 rings (SSSR count). The molecule has 0 unspecified atom stereocenters. The minimum absolute atomic E-state index is 0.000581. The molecule has 0 radical (unpaired) electrons. The molecule has 0 saturated heterocycles. The Morgan fingerprint density at radius 1 is 1.05 bits per heavy atom. The number of nitrogens with zero attached hydrogens (tertiary/aromatic N) is 1. The molecule has 0 fully saturated rings. The van der Waals surface area contributed by atoms with E-state index in [1.54, 1.807) is 4.90 Å². The zero-order chi connectivity index (χ0) is 15.8. The van der Waals surface area contributed by atoms with E-state index < -0.39 is 0 Å². The third-order valence-corrected chi connectivity index (χ3v) is 3.41. The summed E-state index contributed by atoms with van der Waals surface area (Å²) in [5, 5.41) is 2.76. The second-order valence-electron chi connectivity index (χ2n) is 5.59. The molecular weight excluding hydrogens is 264 g/mol. The molecule has 0 aromatic heterocycles. The molecule has 0 heterocycles. The predicted molar refractivity (Wildman–Crippen MR) is 86.5 cm³/mol. The topological polar surface area (TPSA) is 49.4 Å². The lowest BCUT2D eigenvalue weighted by Gasteiger charge is -2.18. The van der Waals surface area contributed by atoms with Crippen molar-refractivity contribution in [2.45, 2.75) is 46.5 Å². The normalized spacial score (nSPS) is 10.3. The van der Waals surface area contributed by atoms with Crippen LogP contribution in [0.3, 0.4) is 0 Å². The lowest BCUT2D eigenvalue weighted by Crippen LogP contribution is -2.26. The van der Waals surface area contributed by atoms with Gasteiger partial charge in [-0.15, -0.1) is 0 Å². The predicted octanol–water partition coefficient (Wildman–Crippen LogP) is 2.96. The van der Waals surface area contributed by atoms with Crippen LogP contribution in [0.15, 0.2) is 18.2 Å². The number of nitrogens with one attached hydrogen (secondary N) is 1. The van der Waals surface area contributed by atoms with Gasteiger partial charge in [-0.3, -0.25) is 9.59 Å². The first-order valence-electron chi connectivity index (χ1n) is 7.49. The Balaban J connectivity index is 2.36. The van der Waals surface area contributed by atoms with Crippen LogP contribution in [0.1, 0.15) is 43.7 Å². The number of hydrogen-bond acceptors (Lipinski definition) is 2. The number of amides is 2. The largest absolute Gasteiger partial charge is 0.356 e. The third-order valence-electron chi connectivity index (χ3n) is 3.41. The van der Waals surface area contributed by atoms with Gasteiger partial charge in [0.2, 0.25) is 11.8 Å². The highest BCUT2D eigenvalue weighted by Crippen LogP contribution is 2.18. The summed E-state index contributed by atoms with van der Waals surface area (Å²) in [5.41, 5.74) is 3.29. The Bertz CT molecular complexity index is 477. The van der Waals surface area contributed by atoms with Crippen molar-refractivity contribution in [2.75, 3.05) is 18.5 Å². The number of anilines is 1. The Labute approximate surface area is 127 Å². The van der Waals surface area contributed by atoms with Gasteiger partial charge < -0.3 is 10.2 Å². The highest BCUT2D eigenvalue weighted by Gasteiger charge is 2.11. The number of carbonyl (C=O) groups excluding carboxylic acids is 2. The van der Waals surface area contributed by atoms with Crippen molar-refractivity contribution in [3.63, 3.8) is 0 Å². The van der Waals surface area contributed by atoms with Gasteiger partial charge in [0.15, 0.2) is 0 Å². The number of unbranched alkanes of at least 4 members (excludes halogenated alkanes) is 2. The van der Waals surface area contributed by atoms with Crippen molar-refractivity contribution in [1.29, 1.82) is 0 Å². The van der Waals surface area contributed by atoms with Gasteiger partial charge >= 0.3 is 0 Å². The number of carbonyl (C=O) groups is 2. The number of rotatable bonds is 7. The fraction of sp³-hybridized carbons (Fsp3) is 0.529. The number of hydrogen-bond donors (Lipinski definition) is 1. The van der Waals surface area contributed by atoms with Crippen molar-refractivity contribution in [3.8, 4) is 0 Å². The molecule has 1 aromatic rings. The molecule has 2 amide bonds. The Hall–Kier alpha value is -1.84. The smallest absolute Gasteiger partial charge is 0.226 e. The summed E-state index contributed by atoms with van der Waals surface area (Å²) in [5.74, 6) is 0.139. The molecule has 4 heteroatoms. The van der Waals surface area contributed by atoms with Crippen molar-refractivity contribution < 1.29 is 9.59 Å². The SMILES string of the molecule is CC(=O)NCCCCCC(=O)N(C)c1cc(C)cc(C)c1. The van der Waals surface area contributed by atoms with Crippen LogP contribution in [0.25, 0.3) is 0 Å². The summed E-state index contributed by atoms with van der Waals surface area (Å²) in [6.07, 6.45) is 3.27. The maximum absolute atomic E-state index is 12.2. The fourth-order valence-electron chi connectivity index (χ4n) is 2.30. The Kier molecular flexibility index (Phi) is 6.92. The Morgan fingerprint density at radius 3 is 2.24 bits per heavy atom. The molecule has 4 nitrogen and oxygen atoms in total. The van der Waals surface area contributed by atoms with E-state index in [1.165, 1.54) is 18.1 Å². The van der Waals surface area contributed by atoms with Crippen molar-refractivity contribution in [2.24, 2.45) is 0 Å². The summed E-state index contributed by atoms with van der Waals surface area (Å²) < 4.78 is 0. The van der Waals surface area contributed by atoms with Gasteiger partial charge in [-0.2, -0.15) is 0 Å². The molecule has 21 heavy (non-hydrogen) atoms. The molecule has 0 saturated carbocycles. The second-order valence-corrected chi connectivity index (χ2v) is 5.59. The standard InChI is InChI=1S/C17H26N2O2/c1-13-10-14(2)12-16(11-13)19(4)17(21)8-6-5-7-9-18-15(3)20/h10-12H,5-9H2,1-4H3,(H,18,20). The molecule has 1 aromatic carbocycles. The second kappa shape index (κ2) is 8.45. The zero-order valence-corrected chi connectivity index (χ0v) is 13.5. The van der Waals surface area contributed by atoms with Gasteiger partial charge in [0.05, 0.1) is 0 Å². The molecular formula is C17H26N2O2. The van der Waals surface area contributed by atoms with Crippen LogP contribution >= 0.6 is 0 Å². The third kappa shape index (κ3) is 6.43. The van der Waals surface area contributed by atoms with Gasteiger partial charge in [0.1, 0.15) is 0 Å². The average molecular weight is 290 g/mol. The maximum atomic E-state index is 12.2. The van der Waals surface area contributed by atoms with Crippen LogP contribution in [-0.4, -0.2) is 25.4 Å². The molecule has 1 N–H and O–H groups in total. The van der Waals surface area contributed by atoms with E-state index in [2.05, 4.69) is 11.4 Å². The van der Waals surface area contributed by atoms with Gasteiger partial charge in [0.25, 0.3) is 0 Å². The van der Waals surface area contributed by atoms with E-state index in [-0.39, 0.29) is 11.8 Å². The lowest BCUT2D eigenvalue weighted by molar-refractivity contribution is -0.119. The van der Waals surface area contributed by atoms with Crippen molar-refractivity contribution in [1.82, 2.24) is 5.32 Å². The maximum Gasteiger partial charge on any atom is 0.226 e. The van der Waals surface area contributed by atoms with Gasteiger partial charge in [0, 0.05) is 32.6 Å². The van der Waals surface area contributed by atoms with Crippen molar-refractivity contribution >= 4 is 17.5 Å². The molecule has 0 bridgehead atoms. The van der Waals surface area contributed by atoms with E-state index in [4.69, 9.17) is 0 Å². The highest BCUT2D eigenvalue weighted by atomic mass is 16.2. The van der Waals surface area contributed by atoms with Gasteiger partial charge in [-0.05, 0) is 49.9 Å². The average Bonchev–Trinajstić information content (AvgIpc) is 2.40. The molecule has 0 aliphatic rings. The molecule has 0 spiro atoms. The minimum atomic E-state index is 0.000581. The summed E-state index contributed by atoms with van der Waals surface area (Å²) in [6.45, 7) is 6.28. The van der Waals surface area contributed by atoms with Crippen LogP contribution in [-0.2, 0) is 9.59 Å². The monoisotopic (exact) mass is 290 g/mol. The molecule has 0 aliphatic heterocycles. The number of benzene rings is 1. The van der Waals surface area contributed by atoms with E-state index in [1.807, 2.05) is 33.0 Å². The van der Waals surface area contributed by atoms with Crippen LogP contribution < -0.4 is 10.2 Å². The minimum Gasteiger partial charge on any atom is -0.356 e. The molecule has 0 atom stereocenters. The van der Waals surface area contributed by atoms with Gasteiger partial charge in [-0.25, -0.2) is 0 Å². The van der Waals surface area contributed by atoms with Gasteiger partial charge in [-0.1, -0.05) is 12.5 Å². The van der Waals surface area contributed by atoms with E-state index in [9.17, 15) is 9.59 Å². The molecule has 116 valence electrons. The van der Waals surface area contributed by atoms with E-state index in [0.29, 0.717) is 13.0 Å². The van der Waals surface area contributed by atoms with E-state index in [0.717, 1.165) is 24.9 Å². The van der Waals surface area contributed by atoms with Crippen LogP contribution in [0.5, 0.6) is 0 Å². The first-order valence-corrected chi connectivity index (χ1v) is 7.49. The van der Waals surface area contributed by atoms with Crippen molar-refractivity contribution in [3.05, 3.63) is 29.3 Å². The first kappa shape index (κ1) is 17.2. The first-order chi connectivity index (χ1) is 9.90. The lowest BCUT2D eigenvalue weighted by atomic mass is 10.1. The molecule has 0 aliphatic carbocycles. The Morgan fingerprint density at radius 2 is 1.67 bits per heavy atom. The quantitative estimate of drug-likeness (QED) is 0.785.